The molecule has 0 aromatic carbocycles. The van der Waals surface area contributed by atoms with Crippen molar-refractivity contribution in [3.05, 3.63) is 41.4 Å². The summed E-state index contributed by atoms with van der Waals surface area (Å²) < 4.78 is 7.64. The molecule has 0 unspecified atom stereocenters. The summed E-state index contributed by atoms with van der Waals surface area (Å²) in [4.78, 5) is 16.8. The van der Waals surface area contributed by atoms with E-state index in [2.05, 4.69) is 14.9 Å². The number of furan rings is 1. The molecule has 0 aliphatic carbocycles. The fourth-order valence-corrected chi connectivity index (χ4v) is 3.03. The smallest absolute Gasteiger partial charge is 0.227 e. The summed E-state index contributed by atoms with van der Waals surface area (Å²) >= 11 is 0. The number of aryl methyl sites for hydroxylation is 3. The second-order valence-corrected chi connectivity index (χ2v) is 5.83. The predicted molar refractivity (Wildman–Crippen MR) is 79.1 cm³/mol. The van der Waals surface area contributed by atoms with Gasteiger partial charge in [0.2, 0.25) is 5.91 Å². The van der Waals surface area contributed by atoms with Crippen molar-refractivity contribution in [2.45, 2.75) is 52.1 Å². The van der Waals surface area contributed by atoms with Gasteiger partial charge in [0, 0.05) is 37.0 Å². The van der Waals surface area contributed by atoms with Crippen LogP contribution in [-0.4, -0.2) is 21.5 Å². The number of fused-ring (bicyclic) bond motifs is 1. The lowest BCUT2D eigenvalue weighted by Gasteiger charge is -2.26. The average molecular weight is 287 g/mol. The molecule has 3 heterocycles. The molecule has 0 saturated carbocycles. The second kappa shape index (κ2) is 5.39. The van der Waals surface area contributed by atoms with Crippen LogP contribution in [0.3, 0.4) is 0 Å². The topological polar surface area (TPSA) is 60.1 Å². The molecule has 2 atom stereocenters. The third-order valence-electron chi connectivity index (χ3n) is 4.22. The number of aromatic nitrogens is 2. The lowest BCUT2D eigenvalue weighted by atomic mass is 9.99. The number of imidazole rings is 1. The highest BCUT2D eigenvalue weighted by Gasteiger charge is 2.25. The third kappa shape index (κ3) is 2.73. The Kier molecular flexibility index (Phi) is 3.57. The van der Waals surface area contributed by atoms with Crippen molar-refractivity contribution >= 4 is 5.91 Å². The maximum absolute atomic E-state index is 12.4. The van der Waals surface area contributed by atoms with Gasteiger partial charge in [-0.05, 0) is 33.3 Å². The largest absolute Gasteiger partial charge is 0.466 e. The van der Waals surface area contributed by atoms with Gasteiger partial charge in [-0.3, -0.25) is 4.79 Å². The number of carbonyl (C=O) groups is 1. The van der Waals surface area contributed by atoms with Gasteiger partial charge in [-0.25, -0.2) is 4.98 Å². The van der Waals surface area contributed by atoms with Crippen LogP contribution in [0.2, 0.25) is 0 Å². The Morgan fingerprint density at radius 2 is 2.33 bits per heavy atom. The molecule has 2 aromatic rings. The van der Waals surface area contributed by atoms with Crippen molar-refractivity contribution in [1.29, 1.82) is 0 Å². The lowest BCUT2D eigenvalue weighted by molar-refractivity contribution is -0.123. The maximum Gasteiger partial charge on any atom is 0.227 e. The van der Waals surface area contributed by atoms with Crippen molar-refractivity contribution in [3.8, 4) is 0 Å². The summed E-state index contributed by atoms with van der Waals surface area (Å²) in [5.74, 6) is 2.66. The van der Waals surface area contributed by atoms with Crippen molar-refractivity contribution < 1.29 is 9.21 Å². The average Bonchev–Trinajstić information content (AvgIpc) is 3.03. The summed E-state index contributed by atoms with van der Waals surface area (Å²) in [5.41, 5.74) is 0.976. The van der Waals surface area contributed by atoms with Crippen LogP contribution in [0.15, 0.2) is 22.9 Å². The first-order valence-corrected chi connectivity index (χ1v) is 7.42. The van der Waals surface area contributed by atoms with E-state index >= 15 is 0 Å². The number of nitrogens with zero attached hydrogens (tertiary/aromatic N) is 2. The van der Waals surface area contributed by atoms with Crippen molar-refractivity contribution in [1.82, 2.24) is 14.9 Å². The van der Waals surface area contributed by atoms with Crippen LogP contribution >= 0.6 is 0 Å². The fraction of sp³-hybridized carbons (Fsp3) is 0.500. The summed E-state index contributed by atoms with van der Waals surface area (Å²) in [6.07, 6.45) is 5.65. The molecule has 21 heavy (non-hydrogen) atoms. The fourth-order valence-electron chi connectivity index (χ4n) is 3.03. The Morgan fingerprint density at radius 3 is 3.05 bits per heavy atom. The minimum atomic E-state index is -0.188. The van der Waals surface area contributed by atoms with E-state index in [0.717, 1.165) is 42.3 Å². The second-order valence-electron chi connectivity index (χ2n) is 5.83. The van der Waals surface area contributed by atoms with E-state index in [0.29, 0.717) is 0 Å². The van der Waals surface area contributed by atoms with Gasteiger partial charge in [0.1, 0.15) is 17.3 Å². The number of rotatable bonds is 3. The molecular weight excluding hydrogens is 266 g/mol. The molecule has 1 aliphatic rings. The molecule has 0 radical (unpaired) electrons. The van der Waals surface area contributed by atoms with Gasteiger partial charge >= 0.3 is 0 Å². The molecule has 5 heteroatoms. The Hall–Kier alpha value is -2.04. The first-order valence-electron chi connectivity index (χ1n) is 7.42. The van der Waals surface area contributed by atoms with E-state index in [9.17, 15) is 4.79 Å². The first-order chi connectivity index (χ1) is 10.0. The van der Waals surface area contributed by atoms with Gasteiger partial charge in [0.25, 0.3) is 0 Å². The van der Waals surface area contributed by atoms with E-state index < -0.39 is 0 Å². The molecule has 1 amide bonds. The monoisotopic (exact) mass is 287 g/mol. The minimum absolute atomic E-state index is 0.0625. The van der Waals surface area contributed by atoms with Crippen molar-refractivity contribution in [2.24, 2.45) is 0 Å². The summed E-state index contributed by atoms with van der Waals surface area (Å²) in [7, 11) is 0. The molecule has 0 bridgehead atoms. The Morgan fingerprint density at radius 1 is 1.52 bits per heavy atom. The molecule has 0 saturated heterocycles. The quantitative estimate of drug-likeness (QED) is 0.942. The Labute approximate surface area is 124 Å². The molecule has 2 aromatic heterocycles. The zero-order chi connectivity index (χ0) is 15.0. The lowest BCUT2D eigenvalue weighted by Crippen LogP contribution is -2.42. The summed E-state index contributed by atoms with van der Waals surface area (Å²) in [5, 5.41) is 3.16. The van der Waals surface area contributed by atoms with Crippen molar-refractivity contribution in [3.63, 3.8) is 0 Å². The predicted octanol–water partition coefficient (Wildman–Crippen LogP) is 2.33. The van der Waals surface area contributed by atoms with Gasteiger partial charge in [-0.15, -0.1) is 0 Å². The zero-order valence-electron chi connectivity index (χ0n) is 12.7. The van der Waals surface area contributed by atoms with Gasteiger partial charge in [0.05, 0.1) is 5.92 Å². The number of hydrogen-bond donors (Lipinski definition) is 1. The number of amides is 1. The van der Waals surface area contributed by atoms with Gasteiger partial charge in [0.15, 0.2) is 0 Å². The molecule has 1 N–H and O–H groups in total. The van der Waals surface area contributed by atoms with Gasteiger partial charge in [-0.1, -0.05) is 0 Å². The van der Waals surface area contributed by atoms with Crippen LogP contribution in [-0.2, 0) is 17.8 Å². The van der Waals surface area contributed by atoms with Gasteiger partial charge in [-0.2, -0.15) is 0 Å². The van der Waals surface area contributed by atoms with E-state index in [1.165, 1.54) is 0 Å². The van der Waals surface area contributed by atoms with E-state index in [1.807, 2.05) is 39.2 Å². The summed E-state index contributed by atoms with van der Waals surface area (Å²) in [6, 6.07) is 2.13. The van der Waals surface area contributed by atoms with Gasteiger partial charge < -0.3 is 14.3 Å². The highest BCUT2D eigenvalue weighted by atomic mass is 16.3. The molecule has 5 nitrogen and oxygen atoms in total. The Bertz CT molecular complexity index is 656. The summed E-state index contributed by atoms with van der Waals surface area (Å²) in [6.45, 7) is 6.54. The highest BCUT2D eigenvalue weighted by molar-refractivity contribution is 5.83. The number of carbonyl (C=O) groups excluding carboxylic acids is 1. The Balaban J connectivity index is 1.65. The van der Waals surface area contributed by atoms with Crippen LogP contribution in [0.1, 0.15) is 42.2 Å². The third-order valence-corrected chi connectivity index (χ3v) is 4.22. The maximum atomic E-state index is 12.4. The normalized spacial score (nSPS) is 19.1. The van der Waals surface area contributed by atoms with Crippen LogP contribution in [0.5, 0.6) is 0 Å². The van der Waals surface area contributed by atoms with E-state index in [1.54, 1.807) is 0 Å². The van der Waals surface area contributed by atoms with Crippen molar-refractivity contribution in [2.75, 3.05) is 0 Å². The molecule has 112 valence electrons. The van der Waals surface area contributed by atoms with Crippen LogP contribution in [0.25, 0.3) is 0 Å². The van der Waals surface area contributed by atoms with E-state index in [-0.39, 0.29) is 17.9 Å². The molecule has 0 spiro atoms. The number of hydrogen-bond acceptors (Lipinski definition) is 3. The first kappa shape index (κ1) is 13.9. The molecular formula is C16H21N3O2. The number of nitrogens with one attached hydrogen (secondary N) is 1. The SMILES string of the molecule is Cc1cc([C@@H](C)C(=O)N[C@H]2CCc3nccn3C2)c(C)o1. The van der Waals surface area contributed by atoms with Crippen LogP contribution in [0, 0.1) is 13.8 Å². The zero-order valence-corrected chi connectivity index (χ0v) is 12.7. The minimum Gasteiger partial charge on any atom is -0.466 e. The highest BCUT2D eigenvalue weighted by Crippen LogP contribution is 2.24. The molecule has 3 rings (SSSR count). The molecule has 0 fully saturated rings. The van der Waals surface area contributed by atoms with E-state index in [4.69, 9.17) is 4.42 Å². The molecule has 1 aliphatic heterocycles. The van der Waals surface area contributed by atoms with Crippen LogP contribution in [0.4, 0.5) is 0 Å². The standard InChI is InChI=1S/C16H21N3O2/c1-10-8-14(12(3)21-10)11(2)16(20)18-13-4-5-15-17-6-7-19(15)9-13/h6-8,11,13H,4-5,9H2,1-3H3,(H,18,20)/t11-,13+/m1/s1. The van der Waals surface area contributed by atoms with Crippen LogP contribution < -0.4 is 5.32 Å².